The average molecular weight is 564 g/mol. The topological polar surface area (TPSA) is 117 Å². The molecule has 0 saturated heterocycles. The fourth-order valence-electron chi connectivity index (χ4n) is 4.44. The number of alkyl carbamates (subject to hydrolysis) is 1. The van der Waals surface area contributed by atoms with Gasteiger partial charge in [0.15, 0.2) is 5.37 Å². The number of benzene rings is 2. The van der Waals surface area contributed by atoms with Gasteiger partial charge < -0.3 is 15.0 Å². The highest BCUT2D eigenvalue weighted by Gasteiger charge is 2.37. The summed E-state index contributed by atoms with van der Waals surface area (Å²) in [6, 6.07) is 19.8. The molecule has 2 N–H and O–H groups in total. The number of H-pyrrole nitrogens is 1. The standard InChI is InChI=1S/C30H37N5O4S/c1-22-13-12-19-31-26(22)21-35(20-11-10-18-32-29(36)39-30(2,3)4)28(40(37,38)23-14-6-5-7-15-23)27-33-24-16-8-9-17-25(24)34-27/h5-9,12-17,19,28H,10-11,18,20-21H2,1-4H3,(H,32,36)(H,33,34). The first-order valence-corrected chi connectivity index (χ1v) is 14.9. The lowest BCUT2D eigenvalue weighted by atomic mass is 10.2. The minimum atomic E-state index is -3.90. The Kier molecular flexibility index (Phi) is 9.21. The van der Waals surface area contributed by atoms with Crippen LogP contribution >= 0.6 is 0 Å². The summed E-state index contributed by atoms with van der Waals surface area (Å²) in [6.45, 7) is 8.55. The maximum Gasteiger partial charge on any atom is 0.407 e. The van der Waals surface area contributed by atoms with E-state index < -0.39 is 26.9 Å². The van der Waals surface area contributed by atoms with Gasteiger partial charge in [-0.15, -0.1) is 0 Å². The molecule has 1 atom stereocenters. The number of ether oxygens (including phenoxy) is 1. The predicted molar refractivity (Wildman–Crippen MR) is 155 cm³/mol. The van der Waals surface area contributed by atoms with Crippen molar-refractivity contribution in [3.63, 3.8) is 0 Å². The number of sulfone groups is 1. The number of nitrogens with zero attached hydrogens (tertiary/aromatic N) is 3. The van der Waals surface area contributed by atoms with Crippen molar-refractivity contribution in [3.8, 4) is 0 Å². The summed E-state index contributed by atoms with van der Waals surface area (Å²) >= 11 is 0. The van der Waals surface area contributed by atoms with E-state index in [0.717, 1.165) is 16.8 Å². The molecule has 0 saturated carbocycles. The lowest BCUT2D eigenvalue weighted by Gasteiger charge is -2.30. The molecule has 0 aliphatic rings. The minimum absolute atomic E-state index is 0.217. The summed E-state index contributed by atoms with van der Waals surface area (Å²) in [6.07, 6.45) is 2.51. The van der Waals surface area contributed by atoms with E-state index in [1.54, 1.807) is 36.5 Å². The van der Waals surface area contributed by atoms with Gasteiger partial charge in [-0.05, 0) is 76.4 Å². The number of imidazole rings is 1. The summed E-state index contributed by atoms with van der Waals surface area (Å²) in [5.74, 6) is 0.352. The van der Waals surface area contributed by atoms with Crippen LogP contribution in [0.25, 0.3) is 11.0 Å². The van der Waals surface area contributed by atoms with Gasteiger partial charge in [0.2, 0.25) is 9.84 Å². The normalized spacial score (nSPS) is 12.9. The zero-order chi connectivity index (χ0) is 28.8. The number of hydrogen-bond donors (Lipinski definition) is 2. The number of amides is 1. The maximum absolute atomic E-state index is 14.2. The maximum atomic E-state index is 14.2. The van der Waals surface area contributed by atoms with E-state index in [-0.39, 0.29) is 4.90 Å². The van der Waals surface area contributed by atoms with Crippen LogP contribution in [-0.4, -0.2) is 53.1 Å². The number of rotatable bonds is 11. The van der Waals surface area contributed by atoms with Gasteiger partial charge in [0.25, 0.3) is 0 Å². The van der Waals surface area contributed by atoms with Crippen molar-refractivity contribution >= 4 is 27.0 Å². The molecule has 1 amide bonds. The Morgan fingerprint density at radius 3 is 2.45 bits per heavy atom. The number of nitrogens with one attached hydrogen (secondary N) is 2. The van der Waals surface area contributed by atoms with E-state index >= 15 is 0 Å². The number of pyridine rings is 1. The number of fused-ring (bicyclic) bond motifs is 1. The Bertz CT molecular complexity index is 1500. The van der Waals surface area contributed by atoms with Crippen LogP contribution in [0.5, 0.6) is 0 Å². The third-order valence-electron chi connectivity index (χ3n) is 6.35. The largest absolute Gasteiger partial charge is 0.444 e. The van der Waals surface area contributed by atoms with Crippen LogP contribution in [0, 0.1) is 6.92 Å². The van der Waals surface area contributed by atoms with Crippen molar-refractivity contribution in [1.82, 2.24) is 25.2 Å². The Labute approximate surface area is 235 Å². The molecule has 10 heteroatoms. The van der Waals surface area contributed by atoms with Crippen molar-refractivity contribution < 1.29 is 17.9 Å². The van der Waals surface area contributed by atoms with Crippen molar-refractivity contribution in [3.05, 3.63) is 90.0 Å². The number of aryl methyl sites for hydroxylation is 1. The molecular weight excluding hydrogens is 526 g/mol. The first-order valence-electron chi connectivity index (χ1n) is 13.4. The van der Waals surface area contributed by atoms with E-state index in [0.29, 0.717) is 43.8 Å². The summed E-state index contributed by atoms with van der Waals surface area (Å²) in [4.78, 5) is 26.7. The van der Waals surface area contributed by atoms with Crippen LogP contribution in [0.3, 0.4) is 0 Å². The highest BCUT2D eigenvalue weighted by Crippen LogP contribution is 2.33. The molecule has 212 valence electrons. The van der Waals surface area contributed by atoms with Gasteiger partial charge in [0, 0.05) is 25.8 Å². The quantitative estimate of drug-likeness (QED) is 0.230. The molecular formula is C30H37N5O4S. The summed E-state index contributed by atoms with van der Waals surface area (Å²) in [5.41, 5.74) is 2.65. The van der Waals surface area contributed by atoms with Crippen molar-refractivity contribution in [2.45, 2.75) is 63.0 Å². The van der Waals surface area contributed by atoms with Crippen LogP contribution in [0.4, 0.5) is 4.79 Å². The molecule has 1 unspecified atom stereocenters. The molecule has 9 nitrogen and oxygen atoms in total. The highest BCUT2D eigenvalue weighted by atomic mass is 32.2. The zero-order valence-corrected chi connectivity index (χ0v) is 24.2. The molecule has 0 radical (unpaired) electrons. The van der Waals surface area contributed by atoms with E-state index in [9.17, 15) is 13.2 Å². The Balaban J connectivity index is 1.65. The number of unbranched alkanes of at least 4 members (excludes halogenated alkanes) is 1. The summed E-state index contributed by atoms with van der Waals surface area (Å²) in [7, 11) is -3.90. The minimum Gasteiger partial charge on any atom is -0.444 e. The van der Waals surface area contributed by atoms with Gasteiger partial charge in [0.05, 0.1) is 21.6 Å². The third kappa shape index (κ3) is 7.45. The van der Waals surface area contributed by atoms with Gasteiger partial charge in [0.1, 0.15) is 11.4 Å². The molecule has 2 aromatic heterocycles. The molecule has 40 heavy (non-hydrogen) atoms. The second-order valence-corrected chi connectivity index (χ2v) is 12.7. The monoisotopic (exact) mass is 563 g/mol. The SMILES string of the molecule is Cc1cccnc1CN(CCCCNC(=O)OC(C)(C)C)C(c1nc2ccccc2[nH]1)S(=O)(=O)c1ccccc1. The number of hydrogen-bond acceptors (Lipinski definition) is 7. The second-order valence-electron chi connectivity index (χ2n) is 10.7. The summed E-state index contributed by atoms with van der Waals surface area (Å²) in [5, 5.41) is 1.70. The molecule has 0 fully saturated rings. The zero-order valence-electron chi connectivity index (χ0n) is 23.4. The molecule has 4 aromatic rings. The Morgan fingerprint density at radius 1 is 1.02 bits per heavy atom. The molecule has 0 spiro atoms. The van der Waals surface area contributed by atoms with Crippen molar-refractivity contribution in [2.75, 3.05) is 13.1 Å². The van der Waals surface area contributed by atoms with Crippen molar-refractivity contribution in [2.24, 2.45) is 0 Å². The Morgan fingerprint density at radius 2 is 1.75 bits per heavy atom. The molecule has 0 aliphatic carbocycles. The van der Waals surface area contributed by atoms with E-state index in [1.807, 2.05) is 69.0 Å². The van der Waals surface area contributed by atoms with E-state index in [4.69, 9.17) is 9.72 Å². The Hall–Kier alpha value is -3.76. The number of aromatic amines is 1. The molecule has 0 aliphatic heterocycles. The number of carbonyl (C=O) groups is 1. The van der Waals surface area contributed by atoms with Gasteiger partial charge in [-0.3, -0.25) is 9.88 Å². The fraction of sp³-hybridized carbons (Fsp3) is 0.367. The highest BCUT2D eigenvalue weighted by molar-refractivity contribution is 7.91. The molecule has 0 bridgehead atoms. The van der Waals surface area contributed by atoms with Crippen LogP contribution in [0.1, 0.15) is 56.1 Å². The smallest absolute Gasteiger partial charge is 0.407 e. The van der Waals surface area contributed by atoms with Gasteiger partial charge in [-0.25, -0.2) is 18.2 Å². The number of carbonyl (C=O) groups excluding carboxylic acids is 1. The lowest BCUT2D eigenvalue weighted by molar-refractivity contribution is 0.0526. The fourth-order valence-corrected chi connectivity index (χ4v) is 6.22. The number of para-hydroxylation sites is 2. The van der Waals surface area contributed by atoms with Crippen LogP contribution in [0.2, 0.25) is 0 Å². The second kappa shape index (κ2) is 12.6. The third-order valence-corrected chi connectivity index (χ3v) is 8.39. The van der Waals surface area contributed by atoms with E-state index in [2.05, 4.69) is 15.3 Å². The van der Waals surface area contributed by atoms with Gasteiger partial charge >= 0.3 is 6.09 Å². The van der Waals surface area contributed by atoms with E-state index in [1.165, 1.54) is 0 Å². The van der Waals surface area contributed by atoms with Crippen LogP contribution < -0.4 is 5.32 Å². The van der Waals surface area contributed by atoms with Crippen LogP contribution in [-0.2, 0) is 21.1 Å². The molecule has 4 rings (SSSR count). The van der Waals surface area contributed by atoms with Gasteiger partial charge in [-0.1, -0.05) is 36.4 Å². The number of aromatic nitrogens is 3. The lowest BCUT2D eigenvalue weighted by Crippen LogP contribution is -2.36. The van der Waals surface area contributed by atoms with Crippen molar-refractivity contribution in [1.29, 1.82) is 0 Å². The first kappa shape index (κ1) is 29.2. The molecule has 2 heterocycles. The predicted octanol–water partition coefficient (Wildman–Crippen LogP) is 5.55. The first-order chi connectivity index (χ1) is 19.0. The summed E-state index contributed by atoms with van der Waals surface area (Å²) < 4.78 is 33.8. The van der Waals surface area contributed by atoms with Gasteiger partial charge in [-0.2, -0.15) is 0 Å². The molecule has 2 aromatic carbocycles. The average Bonchev–Trinajstić information content (AvgIpc) is 3.32. The van der Waals surface area contributed by atoms with Crippen LogP contribution in [0.15, 0.2) is 77.8 Å².